The highest BCUT2D eigenvalue weighted by molar-refractivity contribution is 7.98. The third kappa shape index (κ3) is 13.4. The smallest absolute Gasteiger partial charge is 0.264 e. The van der Waals surface area contributed by atoms with E-state index in [2.05, 4.69) is 48.5 Å². The van der Waals surface area contributed by atoms with E-state index in [1.54, 1.807) is 11.8 Å². The van der Waals surface area contributed by atoms with Gasteiger partial charge in [0.15, 0.2) is 0 Å². The van der Waals surface area contributed by atoms with Crippen molar-refractivity contribution >= 4 is 55.5 Å². The Hall–Kier alpha value is -2.25. The van der Waals surface area contributed by atoms with Gasteiger partial charge in [-0.2, -0.15) is 40.4 Å². The van der Waals surface area contributed by atoms with Crippen molar-refractivity contribution in [2.45, 2.75) is 46.9 Å². The summed E-state index contributed by atoms with van der Waals surface area (Å²) in [5.74, 6) is 4.58. The van der Waals surface area contributed by atoms with Crippen LogP contribution < -0.4 is 0 Å². The van der Waals surface area contributed by atoms with Crippen LogP contribution in [0.3, 0.4) is 0 Å². The zero-order chi connectivity index (χ0) is 31.4. The van der Waals surface area contributed by atoms with Crippen molar-refractivity contribution in [3.05, 3.63) is 136 Å². The minimum atomic E-state index is -3.44. The lowest BCUT2D eigenvalue weighted by molar-refractivity contribution is 0.311. The van der Waals surface area contributed by atoms with E-state index in [4.69, 9.17) is 8.37 Å². The number of hydrogen-bond acceptors (Lipinski definition) is 9. The molecule has 11 heteroatoms. The molecule has 0 bridgehead atoms. The molecule has 0 aromatic heterocycles. The minimum Gasteiger partial charge on any atom is -0.265 e. The molecule has 6 nitrogen and oxygen atoms in total. The van der Waals surface area contributed by atoms with E-state index in [0.717, 1.165) is 52.4 Å². The Balaban J connectivity index is 1.12. The average Bonchev–Trinajstić information content (AvgIpc) is 3.00. The van der Waals surface area contributed by atoms with E-state index in [9.17, 15) is 16.8 Å². The van der Waals surface area contributed by atoms with E-state index in [0.29, 0.717) is 0 Å². The number of benzene rings is 4. The van der Waals surface area contributed by atoms with E-state index in [-0.39, 0.29) is 13.2 Å². The number of thioether (sulfide) groups is 3. The van der Waals surface area contributed by atoms with E-state index in [1.807, 2.05) is 72.1 Å². The second-order valence-electron chi connectivity index (χ2n) is 10.3. The average molecular weight is 689 g/mol. The Bertz CT molecular complexity index is 1670. The van der Waals surface area contributed by atoms with Crippen LogP contribution in [0.4, 0.5) is 0 Å². The maximum atomic E-state index is 11.1. The maximum Gasteiger partial charge on any atom is 0.264 e. The van der Waals surface area contributed by atoms with Crippen molar-refractivity contribution in [3.8, 4) is 0 Å². The highest BCUT2D eigenvalue weighted by Crippen LogP contribution is 2.26. The van der Waals surface area contributed by atoms with Crippen LogP contribution in [0, 0.1) is 0 Å². The molecule has 0 spiro atoms. The molecule has 4 rings (SSSR count). The Morgan fingerprint density at radius 1 is 0.432 bits per heavy atom. The molecule has 0 amide bonds. The summed E-state index contributed by atoms with van der Waals surface area (Å²) in [7, 11) is -6.87. The highest BCUT2D eigenvalue weighted by Gasteiger charge is 2.05. The lowest BCUT2D eigenvalue weighted by Crippen LogP contribution is -2.02. The zero-order valence-corrected chi connectivity index (χ0v) is 28.8. The van der Waals surface area contributed by atoms with Crippen LogP contribution >= 0.6 is 35.3 Å². The molecule has 0 fully saturated rings. The zero-order valence-electron chi connectivity index (χ0n) is 24.7. The summed E-state index contributed by atoms with van der Waals surface area (Å²) in [6, 6.07) is 33.2. The van der Waals surface area contributed by atoms with Crippen LogP contribution in [-0.4, -0.2) is 29.3 Å². The van der Waals surface area contributed by atoms with Crippen LogP contribution in [0.15, 0.2) is 102 Å². The van der Waals surface area contributed by atoms with Gasteiger partial charge < -0.3 is 0 Å². The SMILES string of the molecule is CS(=O)(=O)OCc1ccc(CSCc2ccc(CSCc3ccc(SCc4ccc(COS(C)(=O)=O)cc4)cc3)cc2)cc1. The predicted octanol–water partition coefficient (Wildman–Crippen LogP) is 7.80. The fourth-order valence-electron chi connectivity index (χ4n) is 3.97. The highest BCUT2D eigenvalue weighted by atomic mass is 32.2. The molecule has 0 saturated carbocycles. The number of rotatable bonds is 17. The van der Waals surface area contributed by atoms with Crippen molar-refractivity contribution in [1.82, 2.24) is 0 Å². The molecule has 0 saturated heterocycles. The van der Waals surface area contributed by atoms with Gasteiger partial charge in [0, 0.05) is 33.7 Å². The Morgan fingerprint density at radius 2 is 0.705 bits per heavy atom. The largest absolute Gasteiger partial charge is 0.265 e. The van der Waals surface area contributed by atoms with Gasteiger partial charge in [0.25, 0.3) is 20.2 Å². The molecule has 0 N–H and O–H groups in total. The summed E-state index contributed by atoms with van der Waals surface area (Å²) in [5.41, 5.74) is 7.96. The summed E-state index contributed by atoms with van der Waals surface area (Å²) in [5, 5.41) is 0. The molecule has 0 aliphatic rings. The van der Waals surface area contributed by atoms with E-state index >= 15 is 0 Å². The molecule has 0 aliphatic heterocycles. The van der Waals surface area contributed by atoms with Gasteiger partial charge in [-0.1, -0.05) is 84.9 Å². The van der Waals surface area contributed by atoms with Crippen LogP contribution in [0.5, 0.6) is 0 Å². The second-order valence-corrected chi connectivity index (χ2v) is 16.6. The van der Waals surface area contributed by atoms with Crippen molar-refractivity contribution in [1.29, 1.82) is 0 Å². The van der Waals surface area contributed by atoms with E-state index in [1.165, 1.54) is 32.7 Å². The Labute approximate surface area is 274 Å². The van der Waals surface area contributed by atoms with Crippen LogP contribution in [0.1, 0.15) is 38.9 Å². The third-order valence-electron chi connectivity index (χ3n) is 6.35. The standard InChI is InChI=1S/C33H36O6S5/c1-43(34,35)38-19-26-3-7-28(8-4-26)21-40-22-29-11-13-30(14-12-29)23-41-24-31-15-17-33(18-16-31)42-25-32-9-5-27(6-10-32)20-39-44(2,36)37/h3-18H,19-25H2,1-2H3. The molecular weight excluding hydrogens is 653 g/mol. The summed E-state index contributed by atoms with van der Waals surface area (Å²) < 4.78 is 54.3. The summed E-state index contributed by atoms with van der Waals surface area (Å²) in [4.78, 5) is 1.22. The van der Waals surface area contributed by atoms with Gasteiger partial charge >= 0.3 is 0 Å². The maximum absolute atomic E-state index is 11.1. The van der Waals surface area contributed by atoms with Gasteiger partial charge in [0.1, 0.15) is 0 Å². The van der Waals surface area contributed by atoms with Gasteiger partial charge in [0.05, 0.1) is 25.7 Å². The molecule has 0 unspecified atom stereocenters. The third-order valence-corrected chi connectivity index (χ3v) is 10.7. The molecule has 44 heavy (non-hydrogen) atoms. The molecule has 0 atom stereocenters. The molecule has 0 radical (unpaired) electrons. The fraction of sp³-hybridized carbons (Fsp3) is 0.273. The van der Waals surface area contributed by atoms with Gasteiger partial charge in [-0.15, -0.1) is 11.8 Å². The van der Waals surface area contributed by atoms with Crippen molar-refractivity contribution in [2.24, 2.45) is 0 Å². The first-order valence-corrected chi connectivity index (χ1v) is 20.7. The topological polar surface area (TPSA) is 86.7 Å². The fourth-order valence-corrected chi connectivity index (χ4v) is 7.44. The van der Waals surface area contributed by atoms with Gasteiger partial charge in [-0.3, -0.25) is 8.37 Å². The first-order valence-electron chi connectivity index (χ1n) is 13.8. The quantitative estimate of drug-likeness (QED) is 0.0815. The van der Waals surface area contributed by atoms with E-state index < -0.39 is 20.2 Å². The lowest BCUT2D eigenvalue weighted by atomic mass is 10.2. The van der Waals surface area contributed by atoms with Crippen LogP contribution in [0.25, 0.3) is 0 Å². The molecule has 4 aromatic rings. The molecular formula is C33H36O6S5. The van der Waals surface area contributed by atoms with Gasteiger partial charge in [0.2, 0.25) is 0 Å². The van der Waals surface area contributed by atoms with Crippen LogP contribution in [-0.2, 0) is 70.6 Å². The Morgan fingerprint density at radius 3 is 1.02 bits per heavy atom. The van der Waals surface area contributed by atoms with Crippen molar-refractivity contribution < 1.29 is 25.2 Å². The Kier molecular flexibility index (Phi) is 13.3. The summed E-state index contributed by atoms with van der Waals surface area (Å²) >= 11 is 5.54. The van der Waals surface area contributed by atoms with Gasteiger partial charge in [-0.05, 0) is 51.1 Å². The second kappa shape index (κ2) is 16.9. The predicted molar refractivity (Wildman–Crippen MR) is 185 cm³/mol. The number of hydrogen-bond donors (Lipinski definition) is 0. The summed E-state index contributed by atoms with van der Waals surface area (Å²) in [6.07, 6.45) is 2.11. The molecule has 234 valence electrons. The first kappa shape index (κ1) is 34.6. The van der Waals surface area contributed by atoms with Crippen molar-refractivity contribution in [2.75, 3.05) is 12.5 Å². The van der Waals surface area contributed by atoms with Crippen LogP contribution in [0.2, 0.25) is 0 Å². The molecule has 0 heterocycles. The minimum absolute atomic E-state index is 0.0597. The molecule has 4 aromatic carbocycles. The summed E-state index contributed by atoms with van der Waals surface area (Å²) in [6.45, 7) is 0.125. The monoisotopic (exact) mass is 688 g/mol. The first-order chi connectivity index (χ1) is 21.0. The lowest BCUT2D eigenvalue weighted by Gasteiger charge is -2.07. The van der Waals surface area contributed by atoms with Gasteiger partial charge in [-0.25, -0.2) is 0 Å². The van der Waals surface area contributed by atoms with Crippen molar-refractivity contribution in [3.63, 3.8) is 0 Å². The molecule has 0 aliphatic carbocycles. The normalized spacial score (nSPS) is 12.0.